The lowest BCUT2D eigenvalue weighted by molar-refractivity contribution is -0.121. The molecule has 1 aliphatic heterocycles. The van der Waals surface area contributed by atoms with Crippen molar-refractivity contribution in [3.05, 3.63) is 59.7 Å². The fourth-order valence-electron chi connectivity index (χ4n) is 3.38. The molecule has 6 heteroatoms. The van der Waals surface area contributed by atoms with E-state index < -0.39 is 5.91 Å². The van der Waals surface area contributed by atoms with E-state index in [0.717, 1.165) is 30.7 Å². The van der Waals surface area contributed by atoms with Gasteiger partial charge in [-0.1, -0.05) is 12.1 Å². The summed E-state index contributed by atoms with van der Waals surface area (Å²) >= 11 is 0. The lowest BCUT2D eigenvalue weighted by Crippen LogP contribution is -2.39. The summed E-state index contributed by atoms with van der Waals surface area (Å²) in [4.78, 5) is 26.7. The number of carbonyl (C=O) groups excluding carboxylic acids is 2. The van der Waals surface area contributed by atoms with Crippen LogP contribution in [0.4, 0.5) is 0 Å². The molecule has 2 amide bonds. The molecule has 0 unspecified atom stereocenters. The Morgan fingerprint density at radius 2 is 1.59 bits per heavy atom. The van der Waals surface area contributed by atoms with Crippen molar-refractivity contribution in [2.75, 3.05) is 27.3 Å². The molecule has 27 heavy (non-hydrogen) atoms. The standard InChI is InChI=1S/C21H24N2O4/c1-26-17-9-5-15(6-10-17)19-4-3-13-23(19)14-20(24)22-21(25)16-7-11-18(27-2)12-8-16/h5-12,19H,3-4,13-14H2,1-2H3,(H,22,24,25)/t19-/m0/s1. The van der Waals surface area contributed by atoms with Crippen LogP contribution in [0.1, 0.15) is 34.8 Å². The Bertz CT molecular complexity index is 787. The van der Waals surface area contributed by atoms with Crippen LogP contribution in [-0.2, 0) is 4.79 Å². The number of likely N-dealkylation sites (tertiary alicyclic amines) is 1. The summed E-state index contributed by atoms with van der Waals surface area (Å²) in [7, 11) is 3.20. The van der Waals surface area contributed by atoms with E-state index in [4.69, 9.17) is 9.47 Å². The molecule has 0 bridgehead atoms. The second-order valence-electron chi connectivity index (χ2n) is 6.51. The summed E-state index contributed by atoms with van der Waals surface area (Å²) < 4.78 is 10.3. The number of nitrogens with zero attached hydrogens (tertiary/aromatic N) is 1. The highest BCUT2D eigenvalue weighted by atomic mass is 16.5. The van der Waals surface area contributed by atoms with E-state index in [1.807, 2.05) is 24.3 Å². The molecule has 2 aromatic rings. The molecule has 1 fully saturated rings. The third-order valence-electron chi connectivity index (χ3n) is 4.82. The normalized spacial score (nSPS) is 16.7. The zero-order chi connectivity index (χ0) is 19.2. The van der Waals surface area contributed by atoms with Gasteiger partial charge in [-0.25, -0.2) is 0 Å². The van der Waals surface area contributed by atoms with Crippen LogP contribution in [0.15, 0.2) is 48.5 Å². The molecule has 0 radical (unpaired) electrons. The van der Waals surface area contributed by atoms with Crippen molar-refractivity contribution in [2.45, 2.75) is 18.9 Å². The van der Waals surface area contributed by atoms with Crippen LogP contribution < -0.4 is 14.8 Å². The number of amides is 2. The molecule has 1 heterocycles. The Kier molecular flexibility index (Phi) is 6.08. The van der Waals surface area contributed by atoms with Crippen molar-refractivity contribution < 1.29 is 19.1 Å². The molecule has 0 saturated carbocycles. The van der Waals surface area contributed by atoms with E-state index in [1.54, 1.807) is 38.5 Å². The first-order valence-corrected chi connectivity index (χ1v) is 8.97. The number of carbonyl (C=O) groups is 2. The maximum absolute atomic E-state index is 12.4. The molecular weight excluding hydrogens is 344 g/mol. The molecule has 1 N–H and O–H groups in total. The van der Waals surface area contributed by atoms with Gasteiger partial charge in [-0.15, -0.1) is 0 Å². The maximum Gasteiger partial charge on any atom is 0.257 e. The van der Waals surface area contributed by atoms with Crippen LogP contribution in [0.5, 0.6) is 11.5 Å². The average molecular weight is 368 g/mol. The van der Waals surface area contributed by atoms with Gasteiger partial charge in [0.25, 0.3) is 5.91 Å². The minimum atomic E-state index is -0.400. The van der Waals surface area contributed by atoms with Crippen LogP contribution >= 0.6 is 0 Å². The monoisotopic (exact) mass is 368 g/mol. The number of rotatable bonds is 6. The minimum Gasteiger partial charge on any atom is -0.497 e. The highest BCUT2D eigenvalue weighted by Crippen LogP contribution is 2.32. The number of benzene rings is 2. The van der Waals surface area contributed by atoms with Crippen molar-refractivity contribution in [1.82, 2.24) is 10.2 Å². The van der Waals surface area contributed by atoms with E-state index in [-0.39, 0.29) is 18.5 Å². The third-order valence-corrected chi connectivity index (χ3v) is 4.82. The van der Waals surface area contributed by atoms with Gasteiger partial charge in [-0.05, 0) is 61.3 Å². The molecule has 0 aromatic heterocycles. The van der Waals surface area contributed by atoms with Crippen molar-refractivity contribution in [1.29, 1.82) is 0 Å². The molecule has 2 aromatic carbocycles. The maximum atomic E-state index is 12.4. The first-order valence-electron chi connectivity index (χ1n) is 8.97. The summed E-state index contributed by atoms with van der Waals surface area (Å²) in [5.41, 5.74) is 1.58. The fraction of sp³-hybridized carbons (Fsp3) is 0.333. The Balaban J connectivity index is 1.59. The quantitative estimate of drug-likeness (QED) is 0.849. The average Bonchev–Trinajstić information content (AvgIpc) is 3.16. The molecule has 3 rings (SSSR count). The molecule has 1 aliphatic rings. The van der Waals surface area contributed by atoms with E-state index in [0.29, 0.717) is 11.3 Å². The summed E-state index contributed by atoms with van der Waals surface area (Å²) in [6, 6.07) is 14.8. The van der Waals surface area contributed by atoms with Gasteiger partial charge < -0.3 is 9.47 Å². The van der Waals surface area contributed by atoms with Gasteiger partial charge >= 0.3 is 0 Å². The number of imide groups is 1. The molecule has 0 aliphatic carbocycles. The first kappa shape index (κ1) is 18.9. The second kappa shape index (κ2) is 8.68. The summed E-state index contributed by atoms with van der Waals surface area (Å²) in [5.74, 6) is 0.780. The number of hydrogen-bond acceptors (Lipinski definition) is 5. The van der Waals surface area contributed by atoms with Gasteiger partial charge in [0.15, 0.2) is 0 Å². The van der Waals surface area contributed by atoms with Crippen molar-refractivity contribution in [3.8, 4) is 11.5 Å². The first-order chi connectivity index (χ1) is 13.1. The molecule has 1 saturated heterocycles. The topological polar surface area (TPSA) is 67.9 Å². The van der Waals surface area contributed by atoms with Crippen molar-refractivity contribution in [2.24, 2.45) is 0 Å². The van der Waals surface area contributed by atoms with E-state index in [9.17, 15) is 9.59 Å². The Morgan fingerprint density at radius 1 is 1.00 bits per heavy atom. The fourth-order valence-corrected chi connectivity index (χ4v) is 3.38. The molecule has 142 valence electrons. The lowest BCUT2D eigenvalue weighted by atomic mass is 10.0. The molecular formula is C21H24N2O4. The Labute approximate surface area is 159 Å². The van der Waals surface area contributed by atoms with Gasteiger partial charge in [0.2, 0.25) is 5.91 Å². The van der Waals surface area contributed by atoms with Crippen LogP contribution in [-0.4, -0.2) is 44.0 Å². The van der Waals surface area contributed by atoms with Crippen LogP contribution in [0.3, 0.4) is 0 Å². The van der Waals surface area contributed by atoms with Crippen LogP contribution in [0.25, 0.3) is 0 Å². The van der Waals surface area contributed by atoms with Crippen LogP contribution in [0, 0.1) is 0 Å². The minimum absolute atomic E-state index is 0.178. The van der Waals surface area contributed by atoms with E-state index in [1.165, 1.54) is 0 Å². The van der Waals surface area contributed by atoms with Gasteiger partial charge in [0, 0.05) is 11.6 Å². The van der Waals surface area contributed by atoms with Gasteiger partial charge in [0.05, 0.1) is 20.8 Å². The largest absolute Gasteiger partial charge is 0.497 e. The van der Waals surface area contributed by atoms with Gasteiger partial charge in [0.1, 0.15) is 11.5 Å². The Morgan fingerprint density at radius 3 is 2.19 bits per heavy atom. The second-order valence-corrected chi connectivity index (χ2v) is 6.51. The smallest absolute Gasteiger partial charge is 0.257 e. The highest BCUT2D eigenvalue weighted by Gasteiger charge is 2.28. The lowest BCUT2D eigenvalue weighted by Gasteiger charge is -2.24. The summed E-state index contributed by atoms with van der Waals surface area (Å²) in [5, 5.41) is 2.47. The predicted octanol–water partition coefficient (Wildman–Crippen LogP) is 2.80. The molecule has 1 atom stereocenters. The van der Waals surface area contributed by atoms with Gasteiger partial charge in [-0.3, -0.25) is 19.8 Å². The van der Waals surface area contributed by atoms with E-state index >= 15 is 0 Å². The zero-order valence-electron chi connectivity index (χ0n) is 15.6. The molecule has 6 nitrogen and oxygen atoms in total. The zero-order valence-corrected chi connectivity index (χ0v) is 15.6. The van der Waals surface area contributed by atoms with Crippen molar-refractivity contribution in [3.63, 3.8) is 0 Å². The summed E-state index contributed by atoms with van der Waals surface area (Å²) in [6.45, 7) is 1.03. The van der Waals surface area contributed by atoms with E-state index in [2.05, 4.69) is 10.2 Å². The van der Waals surface area contributed by atoms with Crippen molar-refractivity contribution >= 4 is 11.8 Å². The SMILES string of the molecule is COc1ccc(C(=O)NC(=O)CN2CCC[C@H]2c2ccc(OC)cc2)cc1. The van der Waals surface area contributed by atoms with Gasteiger partial charge in [-0.2, -0.15) is 0 Å². The highest BCUT2D eigenvalue weighted by molar-refractivity contribution is 6.05. The number of hydrogen-bond donors (Lipinski definition) is 1. The number of nitrogens with one attached hydrogen (secondary N) is 1. The number of ether oxygens (including phenoxy) is 2. The summed E-state index contributed by atoms with van der Waals surface area (Å²) in [6.07, 6.45) is 2.02. The third kappa shape index (κ3) is 4.65. The Hall–Kier alpha value is -2.86. The predicted molar refractivity (Wildman–Crippen MR) is 102 cm³/mol. The molecule has 0 spiro atoms. The van der Waals surface area contributed by atoms with Crippen LogP contribution in [0.2, 0.25) is 0 Å². The number of methoxy groups -OCH3 is 2.